The largest absolute Gasteiger partial charge is 0.298 e. The Morgan fingerprint density at radius 2 is 2.00 bits per heavy atom. The molecule has 0 bridgehead atoms. The molecule has 110 valence electrons. The monoisotopic (exact) mass is 312 g/mol. The summed E-state index contributed by atoms with van der Waals surface area (Å²) >= 11 is 1.44. The van der Waals surface area contributed by atoms with Crippen molar-refractivity contribution < 1.29 is 9.18 Å². The number of carbonyl (C=O) groups excluding carboxylic acids is 1. The maximum Gasteiger partial charge on any atom is 0.250 e. The van der Waals surface area contributed by atoms with Crippen molar-refractivity contribution in [3.8, 4) is 0 Å². The summed E-state index contributed by atoms with van der Waals surface area (Å²) in [5.74, 6) is -0.563. The van der Waals surface area contributed by atoms with E-state index in [0.717, 1.165) is 21.3 Å². The van der Waals surface area contributed by atoms with Gasteiger partial charge in [-0.15, -0.1) is 0 Å². The Labute approximate surface area is 131 Å². The Morgan fingerprint density at radius 3 is 2.73 bits per heavy atom. The number of hydrogen-bond donors (Lipinski definition) is 1. The number of carbonyl (C=O) groups is 1. The third-order valence-electron chi connectivity index (χ3n) is 3.15. The third kappa shape index (κ3) is 3.20. The van der Waals surface area contributed by atoms with Crippen LogP contribution < -0.4 is 5.32 Å². The molecule has 0 aliphatic carbocycles. The summed E-state index contributed by atoms with van der Waals surface area (Å²) in [4.78, 5) is 16.3. The van der Waals surface area contributed by atoms with Crippen molar-refractivity contribution in [2.75, 3.05) is 5.32 Å². The molecule has 2 aromatic carbocycles. The summed E-state index contributed by atoms with van der Waals surface area (Å²) in [6, 6.07) is 11.9. The van der Waals surface area contributed by atoms with Crippen LogP contribution in [-0.2, 0) is 4.79 Å². The van der Waals surface area contributed by atoms with Crippen LogP contribution >= 0.6 is 11.3 Å². The van der Waals surface area contributed by atoms with Crippen LogP contribution in [0.4, 0.5) is 9.52 Å². The number of thiazole rings is 1. The summed E-state index contributed by atoms with van der Waals surface area (Å²) in [6.07, 6.45) is 3.04. The van der Waals surface area contributed by atoms with Crippen molar-refractivity contribution in [1.82, 2.24) is 4.98 Å². The molecule has 1 aromatic heterocycles. The van der Waals surface area contributed by atoms with Gasteiger partial charge < -0.3 is 0 Å². The van der Waals surface area contributed by atoms with Crippen LogP contribution in [0.2, 0.25) is 0 Å². The van der Waals surface area contributed by atoms with Crippen molar-refractivity contribution in [2.45, 2.75) is 6.92 Å². The molecule has 1 heterocycles. The highest BCUT2D eigenvalue weighted by atomic mass is 32.1. The smallest absolute Gasteiger partial charge is 0.250 e. The highest BCUT2D eigenvalue weighted by molar-refractivity contribution is 7.22. The lowest BCUT2D eigenvalue weighted by Gasteiger charge is -1.96. The molecule has 3 rings (SSSR count). The van der Waals surface area contributed by atoms with Crippen LogP contribution in [0.3, 0.4) is 0 Å². The summed E-state index contributed by atoms with van der Waals surface area (Å²) in [7, 11) is 0. The molecular weight excluding hydrogens is 299 g/mol. The van der Waals surface area contributed by atoms with Crippen molar-refractivity contribution in [3.63, 3.8) is 0 Å². The first kappa shape index (κ1) is 14.4. The van der Waals surface area contributed by atoms with Gasteiger partial charge in [0.05, 0.1) is 10.2 Å². The minimum atomic E-state index is -0.300. The summed E-state index contributed by atoms with van der Waals surface area (Å²) in [5, 5.41) is 3.32. The lowest BCUT2D eigenvalue weighted by Crippen LogP contribution is -2.07. The number of aryl methyl sites for hydroxylation is 1. The number of nitrogens with zero attached hydrogens (tertiary/aromatic N) is 1. The first-order chi connectivity index (χ1) is 10.6. The van der Waals surface area contributed by atoms with E-state index in [2.05, 4.69) is 10.3 Å². The average molecular weight is 312 g/mol. The van der Waals surface area contributed by atoms with E-state index >= 15 is 0 Å². The van der Waals surface area contributed by atoms with E-state index in [0.29, 0.717) is 5.13 Å². The van der Waals surface area contributed by atoms with Gasteiger partial charge in [-0.05, 0) is 42.3 Å². The van der Waals surface area contributed by atoms with E-state index in [9.17, 15) is 9.18 Å². The molecule has 1 N–H and O–H groups in total. The topological polar surface area (TPSA) is 42.0 Å². The molecule has 5 heteroatoms. The summed E-state index contributed by atoms with van der Waals surface area (Å²) in [5.41, 5.74) is 2.75. The fraction of sp³-hybridized carbons (Fsp3) is 0.0588. The molecule has 0 fully saturated rings. The molecule has 0 unspecified atom stereocenters. The van der Waals surface area contributed by atoms with Gasteiger partial charge in [-0.3, -0.25) is 10.1 Å². The maximum absolute atomic E-state index is 12.8. The quantitative estimate of drug-likeness (QED) is 0.729. The Hall–Kier alpha value is -2.53. The van der Waals surface area contributed by atoms with Crippen LogP contribution in [0.1, 0.15) is 11.1 Å². The van der Waals surface area contributed by atoms with E-state index in [-0.39, 0.29) is 11.7 Å². The molecule has 0 spiro atoms. The molecule has 0 saturated carbocycles. The van der Waals surface area contributed by atoms with Gasteiger partial charge in [0.2, 0.25) is 5.91 Å². The fourth-order valence-corrected chi connectivity index (χ4v) is 2.98. The van der Waals surface area contributed by atoms with Crippen LogP contribution in [0.15, 0.2) is 48.5 Å². The average Bonchev–Trinajstić information content (AvgIpc) is 2.90. The zero-order chi connectivity index (χ0) is 15.5. The van der Waals surface area contributed by atoms with Crippen molar-refractivity contribution in [3.05, 3.63) is 65.5 Å². The van der Waals surface area contributed by atoms with E-state index in [1.165, 1.54) is 29.5 Å². The molecule has 0 aliphatic rings. The lowest BCUT2D eigenvalue weighted by molar-refractivity contribution is -0.111. The first-order valence-corrected chi connectivity index (χ1v) is 7.54. The Balaban J connectivity index is 1.72. The molecule has 3 aromatic rings. The van der Waals surface area contributed by atoms with E-state index < -0.39 is 0 Å². The van der Waals surface area contributed by atoms with Crippen molar-refractivity contribution in [1.29, 1.82) is 0 Å². The molecule has 0 atom stereocenters. The van der Waals surface area contributed by atoms with Gasteiger partial charge in [-0.25, -0.2) is 9.37 Å². The third-order valence-corrected chi connectivity index (χ3v) is 4.08. The summed E-state index contributed by atoms with van der Waals surface area (Å²) in [6.45, 7) is 1.99. The fourth-order valence-electron chi connectivity index (χ4n) is 2.03. The minimum absolute atomic E-state index is 0.263. The maximum atomic E-state index is 12.8. The zero-order valence-corrected chi connectivity index (χ0v) is 12.7. The number of aromatic nitrogens is 1. The molecule has 1 amide bonds. The van der Waals surface area contributed by atoms with Gasteiger partial charge in [0.25, 0.3) is 0 Å². The van der Waals surface area contributed by atoms with Crippen LogP contribution in [0.25, 0.3) is 16.3 Å². The number of halogens is 1. The number of benzene rings is 2. The highest BCUT2D eigenvalue weighted by Crippen LogP contribution is 2.27. The number of amides is 1. The molecule has 22 heavy (non-hydrogen) atoms. The number of hydrogen-bond acceptors (Lipinski definition) is 3. The molecule has 3 nitrogen and oxygen atoms in total. The molecule has 0 radical (unpaired) electrons. The SMILES string of the molecule is Cc1cccc2sc(NC(=O)/C=C/c3ccc(F)cc3)nc12. The highest BCUT2D eigenvalue weighted by Gasteiger charge is 2.07. The number of para-hydroxylation sites is 1. The van der Waals surface area contributed by atoms with Gasteiger partial charge in [0.1, 0.15) is 5.82 Å². The Bertz CT molecular complexity index is 853. The molecular formula is C17H13FN2OS. The number of nitrogens with one attached hydrogen (secondary N) is 1. The molecule has 0 aliphatic heterocycles. The van der Waals surface area contributed by atoms with E-state index in [1.54, 1.807) is 18.2 Å². The number of anilines is 1. The summed E-state index contributed by atoms with van der Waals surface area (Å²) < 4.78 is 13.8. The lowest BCUT2D eigenvalue weighted by atomic mass is 10.2. The molecule has 0 saturated heterocycles. The second-order valence-electron chi connectivity index (χ2n) is 4.81. The predicted molar refractivity (Wildman–Crippen MR) is 88.4 cm³/mol. The second-order valence-corrected chi connectivity index (χ2v) is 5.85. The van der Waals surface area contributed by atoms with E-state index in [4.69, 9.17) is 0 Å². The predicted octanol–water partition coefficient (Wildman–Crippen LogP) is 4.40. The van der Waals surface area contributed by atoms with Gasteiger partial charge >= 0.3 is 0 Å². The second kappa shape index (κ2) is 6.07. The van der Waals surface area contributed by atoms with Crippen LogP contribution in [0.5, 0.6) is 0 Å². The van der Waals surface area contributed by atoms with Crippen molar-refractivity contribution >= 4 is 38.7 Å². The number of fused-ring (bicyclic) bond motifs is 1. The van der Waals surface area contributed by atoms with Gasteiger partial charge in [-0.2, -0.15) is 0 Å². The van der Waals surface area contributed by atoms with E-state index in [1.807, 2.05) is 25.1 Å². The van der Waals surface area contributed by atoms with Crippen LogP contribution in [0, 0.1) is 12.7 Å². The zero-order valence-electron chi connectivity index (χ0n) is 11.8. The standard InChI is InChI=1S/C17H13FN2OS/c1-11-3-2-4-14-16(11)20-17(22-14)19-15(21)10-7-12-5-8-13(18)9-6-12/h2-10H,1H3,(H,19,20,21)/b10-7+. The van der Waals surface area contributed by atoms with Gasteiger partial charge in [0.15, 0.2) is 5.13 Å². The van der Waals surface area contributed by atoms with Gasteiger partial charge in [-0.1, -0.05) is 35.6 Å². The number of rotatable bonds is 3. The van der Waals surface area contributed by atoms with Crippen molar-refractivity contribution in [2.24, 2.45) is 0 Å². The first-order valence-electron chi connectivity index (χ1n) is 6.72. The Kier molecular flexibility index (Phi) is 3.98. The minimum Gasteiger partial charge on any atom is -0.298 e. The van der Waals surface area contributed by atoms with Crippen LogP contribution in [-0.4, -0.2) is 10.9 Å². The Morgan fingerprint density at radius 1 is 1.23 bits per heavy atom. The normalized spacial score (nSPS) is 11.2. The van der Waals surface area contributed by atoms with Gasteiger partial charge in [0, 0.05) is 6.08 Å².